The predicted octanol–water partition coefficient (Wildman–Crippen LogP) is 2.07. The second-order valence-electron chi connectivity index (χ2n) is 4.01. The molecule has 0 aliphatic heterocycles. The van der Waals surface area contributed by atoms with Gasteiger partial charge in [0.05, 0.1) is 12.5 Å². The summed E-state index contributed by atoms with van der Waals surface area (Å²) < 4.78 is 0. The Bertz CT molecular complexity index is 167. The fourth-order valence-corrected chi connectivity index (χ4v) is 1.60. The fourth-order valence-electron chi connectivity index (χ4n) is 1.60. The second kappa shape index (κ2) is 4.47. The molecule has 2 nitrogen and oxygen atoms in total. The van der Waals surface area contributed by atoms with Crippen molar-refractivity contribution in [2.75, 3.05) is 0 Å². The van der Waals surface area contributed by atoms with E-state index in [0.29, 0.717) is 18.5 Å². The maximum atomic E-state index is 8.45. The maximum absolute atomic E-state index is 8.45. The molecular formula is C10H18N2. The van der Waals surface area contributed by atoms with Crippen molar-refractivity contribution < 1.29 is 0 Å². The van der Waals surface area contributed by atoms with E-state index in [1.807, 2.05) is 0 Å². The molecule has 0 heterocycles. The Labute approximate surface area is 75.0 Å². The van der Waals surface area contributed by atoms with Gasteiger partial charge in [0.15, 0.2) is 0 Å². The first kappa shape index (κ1) is 9.54. The molecule has 1 aliphatic rings. The summed E-state index contributed by atoms with van der Waals surface area (Å²) in [7, 11) is 0. The van der Waals surface area contributed by atoms with Gasteiger partial charge >= 0.3 is 0 Å². The molecule has 1 aliphatic carbocycles. The van der Waals surface area contributed by atoms with Crippen molar-refractivity contribution >= 4 is 0 Å². The highest BCUT2D eigenvalue weighted by Gasteiger charge is 2.23. The molecule has 2 unspecified atom stereocenters. The van der Waals surface area contributed by atoms with Crippen molar-refractivity contribution in [3.05, 3.63) is 0 Å². The Morgan fingerprint density at radius 2 is 2.08 bits per heavy atom. The molecule has 0 aromatic carbocycles. The molecule has 68 valence electrons. The Morgan fingerprint density at radius 1 is 1.42 bits per heavy atom. The third-order valence-electron chi connectivity index (χ3n) is 2.35. The van der Waals surface area contributed by atoms with Crippen molar-refractivity contribution in [3.63, 3.8) is 0 Å². The van der Waals surface area contributed by atoms with Gasteiger partial charge in [0.25, 0.3) is 0 Å². The van der Waals surface area contributed by atoms with Crippen LogP contribution in [0, 0.1) is 17.2 Å². The van der Waals surface area contributed by atoms with E-state index in [9.17, 15) is 0 Å². The van der Waals surface area contributed by atoms with Crippen LogP contribution >= 0.6 is 0 Å². The normalized spacial score (nSPS) is 21.4. The van der Waals surface area contributed by atoms with Crippen molar-refractivity contribution in [1.29, 1.82) is 5.26 Å². The van der Waals surface area contributed by atoms with Gasteiger partial charge in [0, 0.05) is 12.1 Å². The molecule has 0 radical (unpaired) electrons. The number of hydrogen-bond acceptors (Lipinski definition) is 2. The molecule has 0 bridgehead atoms. The van der Waals surface area contributed by atoms with Crippen LogP contribution in [0.25, 0.3) is 0 Å². The Hall–Kier alpha value is -0.550. The first-order chi connectivity index (χ1) is 5.72. The Kier molecular flexibility index (Phi) is 3.55. The first-order valence-corrected chi connectivity index (χ1v) is 4.85. The Balaban J connectivity index is 2.07. The van der Waals surface area contributed by atoms with Gasteiger partial charge in [-0.2, -0.15) is 5.26 Å². The SMILES string of the molecule is CC(CC#N)NC(C)CC1CC1. The highest BCUT2D eigenvalue weighted by molar-refractivity contribution is 4.82. The number of hydrogen-bond donors (Lipinski definition) is 1. The van der Waals surface area contributed by atoms with Crippen LogP contribution in [0.1, 0.15) is 39.5 Å². The quantitative estimate of drug-likeness (QED) is 0.678. The van der Waals surface area contributed by atoms with Crippen LogP contribution in [-0.4, -0.2) is 12.1 Å². The molecule has 2 atom stereocenters. The fraction of sp³-hybridized carbons (Fsp3) is 0.900. The lowest BCUT2D eigenvalue weighted by Gasteiger charge is -2.17. The van der Waals surface area contributed by atoms with E-state index in [4.69, 9.17) is 5.26 Å². The van der Waals surface area contributed by atoms with Gasteiger partial charge in [0.2, 0.25) is 0 Å². The lowest BCUT2D eigenvalue weighted by Crippen LogP contribution is -2.34. The van der Waals surface area contributed by atoms with E-state index in [0.717, 1.165) is 5.92 Å². The minimum atomic E-state index is 0.351. The topological polar surface area (TPSA) is 35.8 Å². The highest BCUT2D eigenvalue weighted by atomic mass is 14.9. The van der Waals surface area contributed by atoms with E-state index >= 15 is 0 Å². The highest BCUT2D eigenvalue weighted by Crippen LogP contribution is 2.33. The average molecular weight is 166 g/mol. The Morgan fingerprint density at radius 3 is 2.58 bits per heavy atom. The molecule has 1 saturated carbocycles. The van der Waals surface area contributed by atoms with Crippen LogP contribution in [0.4, 0.5) is 0 Å². The standard InChI is InChI=1S/C10H18N2/c1-8(5-6-11)12-9(2)7-10-3-4-10/h8-10,12H,3-5,7H2,1-2H3. The van der Waals surface area contributed by atoms with Gasteiger partial charge < -0.3 is 5.32 Å². The zero-order chi connectivity index (χ0) is 8.97. The van der Waals surface area contributed by atoms with Crippen molar-refractivity contribution in [2.24, 2.45) is 5.92 Å². The maximum Gasteiger partial charge on any atom is 0.0638 e. The van der Waals surface area contributed by atoms with Crippen LogP contribution in [0.3, 0.4) is 0 Å². The zero-order valence-corrected chi connectivity index (χ0v) is 8.01. The molecule has 2 heteroatoms. The summed E-state index contributed by atoms with van der Waals surface area (Å²) in [4.78, 5) is 0. The van der Waals surface area contributed by atoms with Crippen LogP contribution in [0.5, 0.6) is 0 Å². The zero-order valence-electron chi connectivity index (χ0n) is 8.01. The van der Waals surface area contributed by atoms with Crippen LogP contribution in [0.15, 0.2) is 0 Å². The van der Waals surface area contributed by atoms with Crippen LogP contribution in [0.2, 0.25) is 0 Å². The molecule has 1 fully saturated rings. The lowest BCUT2D eigenvalue weighted by molar-refractivity contribution is 0.433. The largest absolute Gasteiger partial charge is 0.311 e. The number of nitriles is 1. The van der Waals surface area contributed by atoms with E-state index in [1.165, 1.54) is 19.3 Å². The molecule has 0 saturated heterocycles. The lowest BCUT2D eigenvalue weighted by atomic mass is 10.1. The number of nitrogens with one attached hydrogen (secondary N) is 1. The molecular weight excluding hydrogens is 148 g/mol. The summed E-state index contributed by atoms with van der Waals surface area (Å²) in [6, 6.07) is 3.11. The van der Waals surface area contributed by atoms with E-state index in [-0.39, 0.29) is 0 Å². The molecule has 0 amide bonds. The van der Waals surface area contributed by atoms with Gasteiger partial charge in [0.1, 0.15) is 0 Å². The van der Waals surface area contributed by atoms with Crippen molar-refractivity contribution in [3.8, 4) is 6.07 Å². The summed E-state index contributed by atoms with van der Waals surface area (Å²) in [6.45, 7) is 4.29. The van der Waals surface area contributed by atoms with Gasteiger partial charge in [-0.05, 0) is 26.2 Å². The average Bonchev–Trinajstić information content (AvgIpc) is 2.71. The van der Waals surface area contributed by atoms with E-state index in [2.05, 4.69) is 25.2 Å². The van der Waals surface area contributed by atoms with Gasteiger partial charge in [-0.15, -0.1) is 0 Å². The molecule has 1 rings (SSSR count). The van der Waals surface area contributed by atoms with Crippen molar-refractivity contribution in [2.45, 2.75) is 51.6 Å². The minimum Gasteiger partial charge on any atom is -0.311 e. The first-order valence-electron chi connectivity index (χ1n) is 4.85. The van der Waals surface area contributed by atoms with E-state index in [1.54, 1.807) is 0 Å². The summed E-state index contributed by atoms with van der Waals surface area (Å²) >= 11 is 0. The number of rotatable bonds is 5. The van der Waals surface area contributed by atoms with Crippen LogP contribution in [-0.2, 0) is 0 Å². The predicted molar refractivity (Wildman–Crippen MR) is 49.6 cm³/mol. The van der Waals surface area contributed by atoms with Crippen molar-refractivity contribution in [1.82, 2.24) is 5.32 Å². The van der Waals surface area contributed by atoms with Crippen LogP contribution < -0.4 is 5.32 Å². The molecule has 0 spiro atoms. The summed E-state index contributed by atoms with van der Waals surface area (Å²) in [5.41, 5.74) is 0. The molecule has 1 N–H and O–H groups in total. The summed E-state index contributed by atoms with van der Waals surface area (Å²) in [5, 5.41) is 11.9. The minimum absolute atomic E-state index is 0.351. The smallest absolute Gasteiger partial charge is 0.0638 e. The van der Waals surface area contributed by atoms with Gasteiger partial charge in [-0.3, -0.25) is 0 Å². The van der Waals surface area contributed by atoms with Gasteiger partial charge in [-0.1, -0.05) is 12.8 Å². The number of nitrogens with zero attached hydrogens (tertiary/aromatic N) is 1. The second-order valence-corrected chi connectivity index (χ2v) is 4.01. The molecule has 12 heavy (non-hydrogen) atoms. The molecule has 0 aromatic heterocycles. The third kappa shape index (κ3) is 3.73. The summed E-state index contributed by atoms with van der Waals surface area (Å²) in [5.74, 6) is 0.974. The van der Waals surface area contributed by atoms with Gasteiger partial charge in [-0.25, -0.2) is 0 Å². The molecule has 0 aromatic rings. The summed E-state index contributed by atoms with van der Waals surface area (Å²) in [6.07, 6.45) is 4.74. The monoisotopic (exact) mass is 166 g/mol. The third-order valence-corrected chi connectivity index (χ3v) is 2.35. The van der Waals surface area contributed by atoms with E-state index < -0.39 is 0 Å².